The Labute approximate surface area is 112 Å². The summed E-state index contributed by atoms with van der Waals surface area (Å²) in [5, 5.41) is 10.3. The second-order valence-corrected chi connectivity index (χ2v) is 4.66. The average molecular weight is 263 g/mol. The van der Waals surface area contributed by atoms with Crippen molar-refractivity contribution in [3.63, 3.8) is 0 Å². The molecule has 94 valence electrons. The van der Waals surface area contributed by atoms with E-state index in [1.807, 2.05) is 43.3 Å². The molecule has 1 atom stereocenters. The third kappa shape index (κ3) is 2.84. The zero-order chi connectivity index (χ0) is 13.1. The largest absolute Gasteiger partial charge is 0.457 e. The monoisotopic (exact) mass is 262 g/mol. The van der Waals surface area contributed by atoms with Crippen LogP contribution in [0, 0.1) is 6.92 Å². The third-order valence-electron chi connectivity index (χ3n) is 2.74. The van der Waals surface area contributed by atoms with Crippen molar-refractivity contribution in [2.45, 2.75) is 20.0 Å². The molecule has 0 unspecified atom stereocenters. The van der Waals surface area contributed by atoms with Crippen LogP contribution in [0.15, 0.2) is 42.5 Å². The molecule has 0 aromatic heterocycles. The molecule has 1 N–H and O–H groups in total. The molecule has 0 radical (unpaired) electrons. The highest BCUT2D eigenvalue weighted by Gasteiger charge is 2.10. The molecule has 0 fully saturated rings. The molecular weight excluding hydrogens is 248 g/mol. The molecule has 0 aliphatic heterocycles. The lowest BCUT2D eigenvalue weighted by molar-refractivity contribution is 0.195. The van der Waals surface area contributed by atoms with Crippen molar-refractivity contribution >= 4 is 11.6 Å². The highest BCUT2D eigenvalue weighted by molar-refractivity contribution is 6.30. The number of para-hydroxylation sites is 1. The van der Waals surface area contributed by atoms with Crippen molar-refractivity contribution < 1.29 is 9.84 Å². The number of aliphatic hydroxyl groups is 1. The maximum absolute atomic E-state index is 9.70. The molecule has 2 aromatic rings. The highest BCUT2D eigenvalue weighted by Crippen LogP contribution is 2.32. The number of hydrogen-bond acceptors (Lipinski definition) is 2. The summed E-state index contributed by atoms with van der Waals surface area (Å²) in [6.07, 6.45) is -0.569. The average Bonchev–Trinajstić information content (AvgIpc) is 2.34. The summed E-state index contributed by atoms with van der Waals surface area (Å²) in [4.78, 5) is 0. The predicted octanol–water partition coefficient (Wildman–Crippen LogP) is 4.49. The Bertz CT molecular complexity index is 550. The molecule has 0 spiro atoms. The molecule has 2 nitrogen and oxygen atoms in total. The topological polar surface area (TPSA) is 29.5 Å². The minimum absolute atomic E-state index is 0.569. The summed E-state index contributed by atoms with van der Waals surface area (Å²) in [6.45, 7) is 3.67. The van der Waals surface area contributed by atoms with Crippen LogP contribution >= 0.6 is 11.6 Å². The first-order valence-corrected chi connectivity index (χ1v) is 6.16. The van der Waals surface area contributed by atoms with Gasteiger partial charge in [-0.25, -0.2) is 0 Å². The van der Waals surface area contributed by atoms with Crippen molar-refractivity contribution in [1.29, 1.82) is 0 Å². The van der Waals surface area contributed by atoms with Crippen molar-refractivity contribution in [2.24, 2.45) is 0 Å². The summed E-state index contributed by atoms with van der Waals surface area (Å²) in [5.41, 5.74) is 1.76. The molecule has 2 rings (SSSR count). The lowest BCUT2D eigenvalue weighted by Gasteiger charge is -2.14. The Morgan fingerprint density at radius 1 is 1.11 bits per heavy atom. The minimum Gasteiger partial charge on any atom is -0.457 e. The van der Waals surface area contributed by atoms with E-state index in [9.17, 15) is 5.11 Å². The second kappa shape index (κ2) is 5.42. The van der Waals surface area contributed by atoms with Gasteiger partial charge in [0, 0.05) is 10.6 Å². The molecule has 0 saturated carbocycles. The number of rotatable bonds is 3. The van der Waals surface area contributed by atoms with Gasteiger partial charge in [-0.1, -0.05) is 35.9 Å². The molecule has 0 heterocycles. The molecule has 0 aliphatic carbocycles. The fourth-order valence-electron chi connectivity index (χ4n) is 1.72. The quantitative estimate of drug-likeness (QED) is 0.883. The number of aryl methyl sites for hydroxylation is 1. The molecular formula is C15H15ClO2. The lowest BCUT2D eigenvalue weighted by Crippen LogP contribution is -1.96. The van der Waals surface area contributed by atoms with E-state index >= 15 is 0 Å². The van der Waals surface area contributed by atoms with Crippen LogP contribution in [0.4, 0.5) is 0 Å². The first-order valence-electron chi connectivity index (χ1n) is 5.79. The van der Waals surface area contributed by atoms with Crippen LogP contribution < -0.4 is 4.74 Å². The van der Waals surface area contributed by atoms with Crippen molar-refractivity contribution in [3.05, 3.63) is 58.6 Å². The Balaban J connectivity index is 2.37. The van der Waals surface area contributed by atoms with Gasteiger partial charge in [-0.3, -0.25) is 0 Å². The van der Waals surface area contributed by atoms with Crippen molar-refractivity contribution in [3.8, 4) is 11.5 Å². The van der Waals surface area contributed by atoms with Gasteiger partial charge in [0.05, 0.1) is 6.10 Å². The predicted molar refractivity (Wildman–Crippen MR) is 73.3 cm³/mol. The van der Waals surface area contributed by atoms with Gasteiger partial charge in [0.25, 0.3) is 0 Å². The van der Waals surface area contributed by atoms with Crippen LogP contribution in [-0.4, -0.2) is 5.11 Å². The van der Waals surface area contributed by atoms with E-state index < -0.39 is 6.10 Å². The first-order chi connectivity index (χ1) is 8.58. The van der Waals surface area contributed by atoms with Gasteiger partial charge in [0.2, 0.25) is 0 Å². The van der Waals surface area contributed by atoms with Crippen LogP contribution in [-0.2, 0) is 0 Å². The maximum atomic E-state index is 9.70. The molecule has 0 saturated heterocycles. The fourth-order valence-corrected chi connectivity index (χ4v) is 1.88. The zero-order valence-corrected chi connectivity index (χ0v) is 11.1. The SMILES string of the molecule is Cc1ccc(Cl)cc1Oc1ccccc1[C@@H](C)O. The van der Waals surface area contributed by atoms with E-state index in [4.69, 9.17) is 16.3 Å². The zero-order valence-electron chi connectivity index (χ0n) is 10.4. The Morgan fingerprint density at radius 2 is 1.83 bits per heavy atom. The summed E-state index contributed by atoms with van der Waals surface area (Å²) in [6, 6.07) is 12.9. The Morgan fingerprint density at radius 3 is 2.56 bits per heavy atom. The lowest BCUT2D eigenvalue weighted by atomic mass is 10.1. The molecule has 2 aromatic carbocycles. The van der Waals surface area contributed by atoms with E-state index in [-0.39, 0.29) is 0 Å². The second-order valence-electron chi connectivity index (χ2n) is 4.23. The van der Waals surface area contributed by atoms with Crippen LogP contribution in [0.2, 0.25) is 5.02 Å². The molecule has 0 bridgehead atoms. The van der Waals surface area contributed by atoms with Gasteiger partial charge in [-0.05, 0) is 37.6 Å². The normalized spacial score (nSPS) is 12.2. The molecule has 0 aliphatic rings. The van der Waals surface area contributed by atoms with Gasteiger partial charge in [0.1, 0.15) is 11.5 Å². The summed E-state index contributed by atoms with van der Waals surface area (Å²) in [5.74, 6) is 1.36. The molecule has 3 heteroatoms. The standard InChI is InChI=1S/C15H15ClO2/c1-10-7-8-12(16)9-15(10)18-14-6-4-3-5-13(14)11(2)17/h3-9,11,17H,1-2H3/t11-/m1/s1. The van der Waals surface area contributed by atoms with E-state index in [0.717, 1.165) is 11.1 Å². The number of hydrogen-bond donors (Lipinski definition) is 1. The van der Waals surface area contributed by atoms with Crippen molar-refractivity contribution in [2.75, 3.05) is 0 Å². The first kappa shape index (κ1) is 12.9. The van der Waals surface area contributed by atoms with Crippen LogP contribution in [0.5, 0.6) is 11.5 Å². The third-order valence-corrected chi connectivity index (χ3v) is 2.97. The molecule has 18 heavy (non-hydrogen) atoms. The Hall–Kier alpha value is -1.51. The van der Waals surface area contributed by atoms with E-state index in [2.05, 4.69) is 0 Å². The maximum Gasteiger partial charge on any atom is 0.133 e. The van der Waals surface area contributed by atoms with E-state index in [1.165, 1.54) is 0 Å². The van der Waals surface area contributed by atoms with Gasteiger partial charge in [0.15, 0.2) is 0 Å². The smallest absolute Gasteiger partial charge is 0.133 e. The summed E-state index contributed by atoms with van der Waals surface area (Å²) < 4.78 is 5.84. The van der Waals surface area contributed by atoms with Gasteiger partial charge in [-0.15, -0.1) is 0 Å². The van der Waals surface area contributed by atoms with Gasteiger partial charge in [-0.2, -0.15) is 0 Å². The summed E-state index contributed by atoms with van der Waals surface area (Å²) in [7, 11) is 0. The van der Waals surface area contributed by atoms with Crippen molar-refractivity contribution in [1.82, 2.24) is 0 Å². The number of benzene rings is 2. The van der Waals surface area contributed by atoms with Gasteiger partial charge < -0.3 is 9.84 Å². The number of ether oxygens (including phenoxy) is 1. The van der Waals surface area contributed by atoms with Crippen LogP contribution in [0.3, 0.4) is 0 Å². The van der Waals surface area contributed by atoms with E-state index in [0.29, 0.717) is 16.5 Å². The van der Waals surface area contributed by atoms with Gasteiger partial charge >= 0.3 is 0 Å². The van der Waals surface area contributed by atoms with Crippen LogP contribution in [0.25, 0.3) is 0 Å². The fraction of sp³-hybridized carbons (Fsp3) is 0.200. The molecule has 0 amide bonds. The van der Waals surface area contributed by atoms with E-state index in [1.54, 1.807) is 13.0 Å². The van der Waals surface area contributed by atoms with Crippen LogP contribution in [0.1, 0.15) is 24.2 Å². The number of aliphatic hydroxyl groups excluding tert-OH is 1. The summed E-state index contributed by atoms with van der Waals surface area (Å²) >= 11 is 5.96. The minimum atomic E-state index is -0.569. The Kier molecular flexibility index (Phi) is 3.90. The number of halogens is 1. The highest BCUT2D eigenvalue weighted by atomic mass is 35.5.